The van der Waals surface area contributed by atoms with Crippen LogP contribution in [0.2, 0.25) is 10.0 Å². The Labute approximate surface area is 203 Å². The van der Waals surface area contributed by atoms with E-state index >= 15 is 0 Å². The molecule has 0 aliphatic carbocycles. The van der Waals surface area contributed by atoms with Crippen LogP contribution in [-0.2, 0) is 11.4 Å². The van der Waals surface area contributed by atoms with Gasteiger partial charge in [0.1, 0.15) is 18.9 Å². The minimum Gasteiger partial charge on any atom is -0.488 e. The lowest BCUT2D eigenvalue weighted by molar-refractivity contribution is -0.116. The van der Waals surface area contributed by atoms with E-state index in [1.54, 1.807) is 42.7 Å². The molecule has 0 aliphatic heterocycles. The van der Waals surface area contributed by atoms with Crippen LogP contribution in [0, 0.1) is 13.8 Å². The van der Waals surface area contributed by atoms with Gasteiger partial charge >= 0.3 is 0 Å². The van der Waals surface area contributed by atoms with E-state index in [9.17, 15) is 9.59 Å². The van der Waals surface area contributed by atoms with Crippen molar-refractivity contribution in [3.05, 3.63) is 87.2 Å². The predicted molar refractivity (Wildman–Crippen MR) is 131 cm³/mol. The molecule has 1 aromatic heterocycles. The van der Waals surface area contributed by atoms with Crippen LogP contribution in [0.15, 0.2) is 54.9 Å². The van der Waals surface area contributed by atoms with Crippen molar-refractivity contribution >= 4 is 40.7 Å². The fourth-order valence-electron chi connectivity index (χ4n) is 3.42. The number of hydrogen-bond acceptors (Lipinski definition) is 4. The molecule has 0 aliphatic rings. The first-order valence-corrected chi connectivity index (χ1v) is 11.2. The quantitative estimate of drug-likeness (QED) is 0.445. The van der Waals surface area contributed by atoms with Gasteiger partial charge in [-0.3, -0.25) is 14.6 Å². The Morgan fingerprint density at radius 2 is 1.73 bits per heavy atom. The molecule has 0 saturated carbocycles. The Morgan fingerprint density at radius 1 is 1.06 bits per heavy atom. The summed E-state index contributed by atoms with van der Waals surface area (Å²) in [5.41, 5.74) is 3.45. The molecular weight excluding hydrogens is 461 g/mol. The molecule has 0 unspecified atom stereocenters. The Morgan fingerprint density at radius 3 is 2.30 bits per heavy atom. The van der Waals surface area contributed by atoms with E-state index in [4.69, 9.17) is 27.9 Å². The zero-order valence-electron chi connectivity index (χ0n) is 18.7. The summed E-state index contributed by atoms with van der Waals surface area (Å²) < 4.78 is 5.97. The van der Waals surface area contributed by atoms with E-state index in [2.05, 4.69) is 10.3 Å². The molecule has 2 aromatic carbocycles. The van der Waals surface area contributed by atoms with Gasteiger partial charge < -0.3 is 15.0 Å². The summed E-state index contributed by atoms with van der Waals surface area (Å²) in [5.74, 6) is 0.0949. The van der Waals surface area contributed by atoms with E-state index in [1.807, 2.05) is 32.9 Å². The van der Waals surface area contributed by atoms with Gasteiger partial charge in [-0.05, 0) is 62.2 Å². The number of nitrogens with one attached hydrogen (secondary N) is 1. The summed E-state index contributed by atoms with van der Waals surface area (Å²) in [6.45, 7) is 6.22. The van der Waals surface area contributed by atoms with Gasteiger partial charge in [-0.2, -0.15) is 0 Å². The molecule has 8 heteroatoms. The average Bonchev–Trinajstić information content (AvgIpc) is 2.79. The van der Waals surface area contributed by atoms with Gasteiger partial charge in [0, 0.05) is 30.1 Å². The minimum absolute atomic E-state index is 0.131. The third-order valence-electron chi connectivity index (χ3n) is 5.04. The molecule has 0 spiro atoms. The number of nitrogens with zero attached hydrogens (tertiary/aromatic N) is 2. The minimum atomic E-state index is -0.384. The lowest BCUT2D eigenvalue weighted by Crippen LogP contribution is -2.38. The molecule has 2 amide bonds. The second kappa shape index (κ2) is 11.2. The first kappa shape index (κ1) is 24.6. The second-order valence-electron chi connectivity index (χ2n) is 7.55. The maximum Gasteiger partial charge on any atom is 0.254 e. The lowest BCUT2D eigenvalue weighted by atomic mass is 10.0. The van der Waals surface area contributed by atoms with Crippen molar-refractivity contribution in [2.45, 2.75) is 27.4 Å². The number of carbonyl (C=O) groups is 2. The van der Waals surface area contributed by atoms with Crippen molar-refractivity contribution in [1.29, 1.82) is 0 Å². The van der Waals surface area contributed by atoms with Crippen LogP contribution in [0.1, 0.15) is 34.0 Å². The van der Waals surface area contributed by atoms with Crippen LogP contribution in [-0.4, -0.2) is 34.8 Å². The molecule has 0 radical (unpaired) electrons. The van der Waals surface area contributed by atoms with Crippen LogP contribution in [0.3, 0.4) is 0 Å². The van der Waals surface area contributed by atoms with Gasteiger partial charge in [-0.1, -0.05) is 35.3 Å². The second-order valence-corrected chi connectivity index (χ2v) is 8.37. The zero-order chi connectivity index (χ0) is 24.0. The number of hydrogen-bond donors (Lipinski definition) is 1. The van der Waals surface area contributed by atoms with Gasteiger partial charge in [-0.15, -0.1) is 0 Å². The first-order chi connectivity index (χ1) is 15.8. The number of carbonyl (C=O) groups excluding carboxylic acids is 2. The van der Waals surface area contributed by atoms with Gasteiger partial charge in [-0.25, -0.2) is 0 Å². The van der Waals surface area contributed by atoms with Crippen molar-refractivity contribution in [3.8, 4) is 5.75 Å². The largest absolute Gasteiger partial charge is 0.488 e. The SMILES string of the molecule is CCN(CC(=O)Nc1c(Cl)cccc1Cl)C(=O)c1cc(C)c(OCc2cccnc2)c(C)c1. The maximum absolute atomic E-state index is 13.1. The standard InChI is InChI=1S/C25H25Cl2N3O3/c1-4-30(14-22(31)29-23-20(26)8-5-9-21(23)27)25(32)19-11-16(2)24(17(3)12-19)33-15-18-7-6-10-28-13-18/h5-13H,4,14-15H2,1-3H3,(H,29,31). The fraction of sp³-hybridized carbons (Fsp3) is 0.240. The molecule has 1 heterocycles. The lowest BCUT2D eigenvalue weighted by Gasteiger charge is -2.22. The molecule has 172 valence electrons. The highest BCUT2D eigenvalue weighted by atomic mass is 35.5. The number of anilines is 1. The summed E-state index contributed by atoms with van der Waals surface area (Å²) in [6, 6.07) is 12.3. The summed E-state index contributed by atoms with van der Waals surface area (Å²) in [5, 5.41) is 3.36. The molecule has 0 atom stereocenters. The Balaban J connectivity index is 1.70. The van der Waals surface area contributed by atoms with Crippen LogP contribution in [0.4, 0.5) is 5.69 Å². The Bertz CT molecular complexity index is 1110. The van der Waals surface area contributed by atoms with E-state index in [0.717, 1.165) is 22.4 Å². The molecule has 0 bridgehead atoms. The van der Waals surface area contributed by atoms with Crippen LogP contribution >= 0.6 is 23.2 Å². The van der Waals surface area contributed by atoms with E-state index in [-0.39, 0.29) is 18.4 Å². The van der Waals surface area contributed by atoms with Crippen LogP contribution in [0.25, 0.3) is 0 Å². The Hall–Kier alpha value is -3.09. The van der Waals surface area contributed by atoms with E-state index in [1.165, 1.54) is 4.90 Å². The highest BCUT2D eigenvalue weighted by molar-refractivity contribution is 6.39. The summed E-state index contributed by atoms with van der Waals surface area (Å²) in [7, 11) is 0. The number of para-hydroxylation sites is 1. The number of aryl methyl sites for hydroxylation is 2. The topological polar surface area (TPSA) is 71.5 Å². The molecule has 3 rings (SSSR count). The normalized spacial score (nSPS) is 10.6. The number of aromatic nitrogens is 1. The van der Waals surface area contributed by atoms with Crippen molar-refractivity contribution < 1.29 is 14.3 Å². The van der Waals surface area contributed by atoms with Gasteiger partial charge in [0.25, 0.3) is 5.91 Å². The summed E-state index contributed by atoms with van der Waals surface area (Å²) in [4.78, 5) is 31.3. The van der Waals surface area contributed by atoms with Crippen molar-refractivity contribution in [2.75, 3.05) is 18.4 Å². The highest BCUT2D eigenvalue weighted by Crippen LogP contribution is 2.30. The smallest absolute Gasteiger partial charge is 0.254 e. The number of ether oxygens (including phenoxy) is 1. The Kier molecular flexibility index (Phi) is 8.31. The molecule has 6 nitrogen and oxygen atoms in total. The van der Waals surface area contributed by atoms with Gasteiger partial charge in [0.15, 0.2) is 0 Å². The number of pyridine rings is 1. The van der Waals surface area contributed by atoms with Crippen molar-refractivity contribution in [1.82, 2.24) is 9.88 Å². The number of benzene rings is 2. The van der Waals surface area contributed by atoms with Crippen LogP contribution in [0.5, 0.6) is 5.75 Å². The molecular formula is C25H25Cl2N3O3. The van der Waals surface area contributed by atoms with E-state index < -0.39 is 0 Å². The highest BCUT2D eigenvalue weighted by Gasteiger charge is 2.20. The average molecular weight is 486 g/mol. The third kappa shape index (κ3) is 6.24. The van der Waals surface area contributed by atoms with E-state index in [0.29, 0.717) is 34.4 Å². The molecule has 1 N–H and O–H groups in total. The summed E-state index contributed by atoms with van der Waals surface area (Å²) in [6.07, 6.45) is 3.46. The van der Waals surface area contributed by atoms with Crippen LogP contribution < -0.4 is 10.1 Å². The fourth-order valence-corrected chi connectivity index (χ4v) is 3.91. The van der Waals surface area contributed by atoms with Crippen molar-refractivity contribution in [2.24, 2.45) is 0 Å². The van der Waals surface area contributed by atoms with Gasteiger partial charge in [0.2, 0.25) is 5.91 Å². The zero-order valence-corrected chi connectivity index (χ0v) is 20.2. The molecule has 3 aromatic rings. The molecule has 33 heavy (non-hydrogen) atoms. The monoisotopic (exact) mass is 485 g/mol. The molecule has 0 saturated heterocycles. The maximum atomic E-state index is 13.1. The summed E-state index contributed by atoms with van der Waals surface area (Å²) >= 11 is 12.2. The number of halogens is 2. The number of amides is 2. The third-order valence-corrected chi connectivity index (χ3v) is 5.67. The van der Waals surface area contributed by atoms with Gasteiger partial charge in [0.05, 0.1) is 15.7 Å². The number of likely N-dealkylation sites (N-methyl/N-ethyl adjacent to an activating group) is 1. The predicted octanol–water partition coefficient (Wildman–Crippen LogP) is 5.69. The molecule has 0 fully saturated rings. The first-order valence-electron chi connectivity index (χ1n) is 10.5. The van der Waals surface area contributed by atoms with Crippen molar-refractivity contribution in [3.63, 3.8) is 0 Å². The number of rotatable bonds is 8.